The zero-order valence-corrected chi connectivity index (χ0v) is 7.67. The predicted molar refractivity (Wildman–Crippen MR) is 34.5 cm³/mol. The quantitative estimate of drug-likeness (QED) is 0.633. The minimum atomic E-state index is 0. The van der Waals surface area contributed by atoms with Crippen LogP contribution in [0.1, 0.15) is 6.92 Å². The maximum absolute atomic E-state index is 7.57. The molecule has 0 aliphatic rings. The maximum atomic E-state index is 7.57. The van der Waals surface area contributed by atoms with Gasteiger partial charge in [0.05, 0.1) is 0 Å². The minimum Gasteiger partial charge on any atom is -0.397 e. The van der Waals surface area contributed by atoms with Gasteiger partial charge in [0.1, 0.15) is 0 Å². The fourth-order valence-electron chi connectivity index (χ4n) is 0. The van der Waals surface area contributed by atoms with Gasteiger partial charge in [0.2, 0.25) is 0 Å². The molecule has 49 valence electrons. The van der Waals surface area contributed by atoms with E-state index in [1.807, 2.05) is 0 Å². The SMILES string of the molecule is CCO.Cl.Cl.Cl.[V]. The van der Waals surface area contributed by atoms with Crippen LogP contribution < -0.4 is 0 Å². The first kappa shape index (κ1) is 39.7. The molecule has 0 spiro atoms. The molecule has 0 unspecified atom stereocenters. The molecular weight excluding hydrogens is 197 g/mol. The second-order valence-corrected chi connectivity index (χ2v) is 0.316. The van der Waals surface area contributed by atoms with E-state index in [0.717, 1.165) is 0 Å². The normalized spacial score (nSPS) is 2.57. The number of aliphatic hydroxyl groups is 1. The summed E-state index contributed by atoms with van der Waals surface area (Å²) in [5.41, 5.74) is 0. The molecule has 1 radical (unpaired) electrons. The topological polar surface area (TPSA) is 20.2 Å². The van der Waals surface area contributed by atoms with Crippen molar-refractivity contribution in [3.05, 3.63) is 0 Å². The van der Waals surface area contributed by atoms with Crippen LogP contribution in [-0.2, 0) is 18.6 Å². The molecule has 0 aromatic carbocycles. The van der Waals surface area contributed by atoms with Crippen molar-refractivity contribution >= 4 is 37.2 Å². The molecule has 0 saturated carbocycles. The zero-order chi connectivity index (χ0) is 2.71. The molecule has 0 aromatic heterocycles. The monoisotopic (exact) mass is 205 g/mol. The predicted octanol–water partition coefficient (Wildman–Crippen LogP) is 1.26. The zero-order valence-electron chi connectivity index (χ0n) is 3.83. The standard InChI is InChI=1S/C2H6O.3ClH.V/c1-2-3;;;;/h3H,2H2,1H3;3*1H;. The third kappa shape index (κ3) is 109. The summed E-state index contributed by atoms with van der Waals surface area (Å²) in [7, 11) is 0. The molecule has 0 fully saturated rings. The van der Waals surface area contributed by atoms with E-state index in [2.05, 4.69) is 0 Å². The van der Waals surface area contributed by atoms with Gasteiger partial charge >= 0.3 is 0 Å². The molecule has 0 amide bonds. The smallest absolute Gasteiger partial charge is 0.0402 e. The average molecular weight is 206 g/mol. The number of hydrogen-bond acceptors (Lipinski definition) is 1. The van der Waals surface area contributed by atoms with Crippen molar-refractivity contribution in [2.24, 2.45) is 0 Å². The van der Waals surface area contributed by atoms with Crippen LogP contribution in [0.4, 0.5) is 0 Å². The van der Waals surface area contributed by atoms with Crippen molar-refractivity contribution in [2.45, 2.75) is 6.92 Å². The average Bonchev–Trinajstić information content (AvgIpc) is 0.918. The van der Waals surface area contributed by atoms with Crippen LogP contribution in [0.25, 0.3) is 0 Å². The van der Waals surface area contributed by atoms with Gasteiger partial charge in [-0.15, -0.1) is 37.2 Å². The second-order valence-electron chi connectivity index (χ2n) is 0.316. The summed E-state index contributed by atoms with van der Waals surface area (Å²) < 4.78 is 0. The van der Waals surface area contributed by atoms with E-state index in [0.29, 0.717) is 0 Å². The Morgan fingerprint density at radius 3 is 1.14 bits per heavy atom. The van der Waals surface area contributed by atoms with Crippen molar-refractivity contribution in [3.63, 3.8) is 0 Å². The van der Waals surface area contributed by atoms with Crippen molar-refractivity contribution in [1.82, 2.24) is 0 Å². The Hall–Kier alpha value is 1.41. The third-order valence-corrected chi connectivity index (χ3v) is 0. The largest absolute Gasteiger partial charge is 0.397 e. The van der Waals surface area contributed by atoms with Crippen LogP contribution in [0.2, 0.25) is 0 Å². The first-order chi connectivity index (χ1) is 1.41. The van der Waals surface area contributed by atoms with Crippen molar-refractivity contribution in [2.75, 3.05) is 6.61 Å². The fraction of sp³-hybridized carbons (Fsp3) is 1.00. The Balaban J connectivity index is -0.00000000333. The molecule has 5 heteroatoms. The Kier molecular flexibility index (Phi) is 297. The molecule has 0 rings (SSSR count). The number of halogens is 3. The van der Waals surface area contributed by atoms with Gasteiger partial charge in [-0.05, 0) is 6.92 Å². The summed E-state index contributed by atoms with van der Waals surface area (Å²) in [5, 5.41) is 7.57. The second kappa shape index (κ2) is 52.3. The van der Waals surface area contributed by atoms with Gasteiger partial charge < -0.3 is 5.11 Å². The summed E-state index contributed by atoms with van der Waals surface area (Å²) in [4.78, 5) is 0. The molecule has 0 aromatic rings. The summed E-state index contributed by atoms with van der Waals surface area (Å²) in [6.45, 7) is 1.93. The minimum absolute atomic E-state index is 0. The van der Waals surface area contributed by atoms with Crippen LogP contribution in [0.3, 0.4) is 0 Å². The van der Waals surface area contributed by atoms with E-state index in [4.69, 9.17) is 5.11 Å². The molecular formula is C2H9Cl3OV. The Bertz CT molecular complexity index is 12.9. The molecule has 0 bridgehead atoms. The van der Waals surface area contributed by atoms with E-state index < -0.39 is 0 Å². The number of rotatable bonds is 0. The van der Waals surface area contributed by atoms with Crippen LogP contribution in [0.15, 0.2) is 0 Å². The van der Waals surface area contributed by atoms with Gasteiger partial charge in [-0.3, -0.25) is 0 Å². The maximum Gasteiger partial charge on any atom is 0.0402 e. The Labute approximate surface area is 74.4 Å². The molecule has 0 atom stereocenters. The van der Waals surface area contributed by atoms with Crippen molar-refractivity contribution in [3.8, 4) is 0 Å². The molecule has 0 aliphatic heterocycles. The van der Waals surface area contributed by atoms with Gasteiger partial charge in [0, 0.05) is 25.2 Å². The van der Waals surface area contributed by atoms with Crippen LogP contribution in [0, 0.1) is 0 Å². The van der Waals surface area contributed by atoms with E-state index in [9.17, 15) is 0 Å². The summed E-state index contributed by atoms with van der Waals surface area (Å²) >= 11 is 0. The van der Waals surface area contributed by atoms with Gasteiger partial charge in [0.15, 0.2) is 0 Å². The van der Waals surface area contributed by atoms with E-state index in [-0.39, 0.29) is 62.4 Å². The van der Waals surface area contributed by atoms with Gasteiger partial charge in [-0.1, -0.05) is 0 Å². The van der Waals surface area contributed by atoms with Gasteiger partial charge in [-0.2, -0.15) is 0 Å². The number of hydrogen-bond donors (Lipinski definition) is 1. The molecule has 1 N–H and O–H groups in total. The Morgan fingerprint density at radius 1 is 1.14 bits per heavy atom. The number of aliphatic hydroxyl groups excluding tert-OH is 1. The van der Waals surface area contributed by atoms with E-state index in [1.165, 1.54) is 0 Å². The molecule has 0 aliphatic carbocycles. The molecule has 0 saturated heterocycles. The Morgan fingerprint density at radius 2 is 1.14 bits per heavy atom. The first-order valence-electron chi connectivity index (χ1n) is 1.02. The van der Waals surface area contributed by atoms with Crippen LogP contribution in [0.5, 0.6) is 0 Å². The first-order valence-corrected chi connectivity index (χ1v) is 1.02. The van der Waals surface area contributed by atoms with E-state index >= 15 is 0 Å². The molecule has 1 nitrogen and oxygen atoms in total. The molecule has 0 heterocycles. The summed E-state index contributed by atoms with van der Waals surface area (Å²) in [5.74, 6) is 0. The third-order valence-electron chi connectivity index (χ3n) is 0. The van der Waals surface area contributed by atoms with Crippen molar-refractivity contribution in [1.29, 1.82) is 0 Å². The summed E-state index contributed by atoms with van der Waals surface area (Å²) in [6.07, 6.45) is 0. The fourth-order valence-corrected chi connectivity index (χ4v) is 0. The van der Waals surface area contributed by atoms with Crippen molar-refractivity contribution < 1.29 is 23.7 Å². The van der Waals surface area contributed by atoms with Crippen LogP contribution >= 0.6 is 37.2 Å². The van der Waals surface area contributed by atoms with Gasteiger partial charge in [-0.25, -0.2) is 0 Å². The van der Waals surface area contributed by atoms with E-state index in [1.54, 1.807) is 6.92 Å². The molecule has 7 heavy (non-hydrogen) atoms. The van der Waals surface area contributed by atoms with Gasteiger partial charge in [0.25, 0.3) is 0 Å². The summed E-state index contributed by atoms with van der Waals surface area (Å²) in [6, 6.07) is 0. The van der Waals surface area contributed by atoms with Crippen LogP contribution in [-0.4, -0.2) is 11.7 Å².